The minimum Gasteiger partial charge on any atom is -0.497 e. The van der Waals surface area contributed by atoms with Crippen LogP contribution in [0, 0.1) is 5.92 Å². The predicted molar refractivity (Wildman–Crippen MR) is 76.8 cm³/mol. The molecule has 0 saturated carbocycles. The second-order valence-electron chi connectivity index (χ2n) is 4.86. The number of carbonyl (C=O) groups is 1. The van der Waals surface area contributed by atoms with Crippen LogP contribution in [0.15, 0.2) is 24.3 Å². The summed E-state index contributed by atoms with van der Waals surface area (Å²) >= 11 is 0. The molecule has 0 aliphatic heterocycles. The highest BCUT2D eigenvalue weighted by Crippen LogP contribution is 2.18. The lowest BCUT2D eigenvalue weighted by Gasteiger charge is -2.12. The number of hydrogen-bond acceptors (Lipinski definition) is 4. The first kappa shape index (κ1) is 16.5. The van der Waals surface area contributed by atoms with Gasteiger partial charge in [0.05, 0.1) is 13.0 Å². The highest BCUT2D eigenvalue weighted by Gasteiger charge is 2.18. The molecule has 0 radical (unpaired) electrons. The van der Waals surface area contributed by atoms with E-state index in [0.29, 0.717) is 19.3 Å². The van der Waals surface area contributed by atoms with E-state index in [9.17, 15) is 18.3 Å². The van der Waals surface area contributed by atoms with Crippen molar-refractivity contribution in [2.24, 2.45) is 5.92 Å². The van der Waals surface area contributed by atoms with Gasteiger partial charge in [-0.25, -0.2) is 8.42 Å². The van der Waals surface area contributed by atoms with Crippen LogP contribution in [0.25, 0.3) is 0 Å². The smallest absolute Gasteiger partial charge is 0.306 e. The number of hydrogen-bond donors (Lipinski definition) is 1. The van der Waals surface area contributed by atoms with Crippen LogP contribution in [0.4, 0.5) is 0 Å². The monoisotopic (exact) mass is 300 g/mol. The zero-order valence-electron chi connectivity index (χ0n) is 11.7. The number of sulfone groups is 1. The molecule has 112 valence electrons. The van der Waals surface area contributed by atoms with Crippen molar-refractivity contribution in [3.8, 4) is 5.75 Å². The summed E-state index contributed by atoms with van der Waals surface area (Å²) in [6, 6.07) is 7.21. The number of rotatable bonds is 8. The third-order valence-corrected chi connectivity index (χ3v) is 4.09. The fourth-order valence-corrected chi connectivity index (χ4v) is 2.64. The second-order valence-corrected chi connectivity index (χ2v) is 7.12. The van der Waals surface area contributed by atoms with Gasteiger partial charge in [0.15, 0.2) is 0 Å². The minimum atomic E-state index is -3.04. The van der Waals surface area contributed by atoms with Crippen molar-refractivity contribution in [1.29, 1.82) is 0 Å². The van der Waals surface area contributed by atoms with E-state index in [4.69, 9.17) is 4.74 Å². The normalized spacial score (nSPS) is 12.9. The molecular weight excluding hydrogens is 280 g/mol. The fraction of sp³-hybridized carbons (Fsp3) is 0.500. The average Bonchev–Trinajstić information content (AvgIpc) is 2.37. The second kappa shape index (κ2) is 7.28. The highest BCUT2D eigenvalue weighted by molar-refractivity contribution is 7.90. The Morgan fingerprint density at radius 1 is 1.30 bits per heavy atom. The molecule has 0 aromatic heterocycles. The lowest BCUT2D eigenvalue weighted by molar-refractivity contribution is -0.141. The summed E-state index contributed by atoms with van der Waals surface area (Å²) in [5.74, 6) is -0.712. The Hall–Kier alpha value is -1.56. The Kier molecular flexibility index (Phi) is 6.01. The SMILES string of the molecule is COc1ccc(CC(CCCS(C)(=O)=O)C(=O)O)cc1. The largest absolute Gasteiger partial charge is 0.497 e. The Morgan fingerprint density at radius 3 is 2.35 bits per heavy atom. The van der Waals surface area contributed by atoms with Crippen molar-refractivity contribution in [3.63, 3.8) is 0 Å². The summed E-state index contributed by atoms with van der Waals surface area (Å²) in [6.07, 6.45) is 2.27. The summed E-state index contributed by atoms with van der Waals surface area (Å²) in [4.78, 5) is 11.2. The molecule has 20 heavy (non-hydrogen) atoms. The zero-order valence-corrected chi connectivity index (χ0v) is 12.5. The van der Waals surface area contributed by atoms with E-state index in [0.717, 1.165) is 17.6 Å². The third-order valence-electron chi connectivity index (χ3n) is 3.06. The summed E-state index contributed by atoms with van der Waals surface area (Å²) in [5, 5.41) is 9.19. The maximum absolute atomic E-state index is 11.2. The molecule has 5 nitrogen and oxygen atoms in total. The molecule has 0 spiro atoms. The molecule has 1 unspecified atom stereocenters. The van der Waals surface area contributed by atoms with Crippen LogP contribution in [-0.2, 0) is 21.1 Å². The molecular formula is C14H20O5S. The Bertz CT molecular complexity index is 533. The molecule has 1 aromatic carbocycles. The van der Waals surface area contributed by atoms with Gasteiger partial charge >= 0.3 is 5.97 Å². The van der Waals surface area contributed by atoms with E-state index in [1.54, 1.807) is 19.2 Å². The van der Waals surface area contributed by atoms with Crippen molar-refractivity contribution in [2.45, 2.75) is 19.3 Å². The Balaban J connectivity index is 2.60. The van der Waals surface area contributed by atoms with Crippen molar-refractivity contribution in [3.05, 3.63) is 29.8 Å². The molecule has 1 rings (SSSR count). The van der Waals surface area contributed by atoms with Crippen molar-refractivity contribution in [1.82, 2.24) is 0 Å². The molecule has 0 fully saturated rings. The molecule has 1 N–H and O–H groups in total. The molecule has 0 bridgehead atoms. The van der Waals surface area contributed by atoms with Crippen molar-refractivity contribution < 1.29 is 23.1 Å². The van der Waals surface area contributed by atoms with Crippen LogP contribution in [0.5, 0.6) is 5.75 Å². The van der Waals surface area contributed by atoms with Crippen molar-refractivity contribution in [2.75, 3.05) is 19.1 Å². The number of benzene rings is 1. The van der Waals surface area contributed by atoms with Gasteiger partial charge < -0.3 is 9.84 Å². The summed E-state index contributed by atoms with van der Waals surface area (Å²) in [6.45, 7) is 0. The van der Waals surface area contributed by atoms with Crippen LogP contribution < -0.4 is 4.74 Å². The first-order valence-electron chi connectivity index (χ1n) is 6.35. The molecule has 0 aliphatic carbocycles. The van der Waals surface area contributed by atoms with Crippen LogP contribution in [0.1, 0.15) is 18.4 Å². The highest BCUT2D eigenvalue weighted by atomic mass is 32.2. The Morgan fingerprint density at radius 2 is 1.90 bits per heavy atom. The van der Waals surface area contributed by atoms with Gasteiger partial charge in [0.1, 0.15) is 15.6 Å². The van der Waals surface area contributed by atoms with Gasteiger partial charge in [-0.2, -0.15) is 0 Å². The summed E-state index contributed by atoms with van der Waals surface area (Å²) < 4.78 is 27.1. The van der Waals surface area contributed by atoms with E-state index in [1.807, 2.05) is 12.1 Å². The Labute approximate surface area is 119 Å². The number of carboxylic acids is 1. The zero-order chi connectivity index (χ0) is 15.2. The van der Waals surface area contributed by atoms with Gasteiger partial charge in [0.25, 0.3) is 0 Å². The van der Waals surface area contributed by atoms with Gasteiger partial charge in [0, 0.05) is 12.0 Å². The van der Waals surface area contributed by atoms with E-state index in [1.165, 1.54) is 0 Å². The number of ether oxygens (including phenoxy) is 1. The maximum atomic E-state index is 11.2. The van der Waals surface area contributed by atoms with Crippen LogP contribution in [0.2, 0.25) is 0 Å². The predicted octanol–water partition coefficient (Wildman–Crippen LogP) is 1.76. The summed E-state index contributed by atoms with van der Waals surface area (Å²) in [7, 11) is -1.47. The first-order chi connectivity index (χ1) is 9.31. The minimum absolute atomic E-state index is 0.0272. The number of methoxy groups -OCH3 is 1. The van der Waals surface area contributed by atoms with E-state index < -0.39 is 21.7 Å². The van der Waals surface area contributed by atoms with Crippen LogP contribution in [0.3, 0.4) is 0 Å². The quantitative estimate of drug-likeness (QED) is 0.791. The number of aliphatic carboxylic acids is 1. The molecule has 6 heteroatoms. The van der Waals surface area contributed by atoms with Crippen molar-refractivity contribution >= 4 is 15.8 Å². The van der Waals surface area contributed by atoms with Crippen LogP contribution >= 0.6 is 0 Å². The van der Waals surface area contributed by atoms with Crippen LogP contribution in [-0.4, -0.2) is 38.6 Å². The molecule has 1 atom stereocenters. The lowest BCUT2D eigenvalue weighted by atomic mass is 9.95. The molecule has 0 saturated heterocycles. The molecule has 0 aliphatic rings. The van der Waals surface area contributed by atoms with E-state index in [2.05, 4.69) is 0 Å². The maximum Gasteiger partial charge on any atom is 0.306 e. The molecule has 1 aromatic rings. The van der Waals surface area contributed by atoms with Gasteiger partial charge in [-0.15, -0.1) is 0 Å². The lowest BCUT2D eigenvalue weighted by Crippen LogP contribution is -2.18. The number of carboxylic acid groups (broad SMARTS) is 1. The summed E-state index contributed by atoms with van der Waals surface area (Å²) in [5.41, 5.74) is 0.901. The van der Waals surface area contributed by atoms with Gasteiger partial charge in [-0.05, 0) is 37.0 Å². The standard InChI is InChI=1S/C14H20O5S/c1-19-13-7-5-11(6-8-13)10-12(14(15)16)4-3-9-20(2,17)18/h5-8,12H,3-4,9-10H2,1-2H3,(H,15,16). The van der Waals surface area contributed by atoms with Gasteiger partial charge in [0.2, 0.25) is 0 Å². The van der Waals surface area contributed by atoms with Gasteiger partial charge in [-0.3, -0.25) is 4.79 Å². The molecule has 0 heterocycles. The third kappa shape index (κ3) is 6.06. The fourth-order valence-electron chi connectivity index (χ4n) is 1.95. The van der Waals surface area contributed by atoms with Gasteiger partial charge in [-0.1, -0.05) is 12.1 Å². The first-order valence-corrected chi connectivity index (χ1v) is 8.41. The van der Waals surface area contributed by atoms with E-state index >= 15 is 0 Å². The topological polar surface area (TPSA) is 80.7 Å². The van der Waals surface area contributed by atoms with E-state index in [-0.39, 0.29) is 5.75 Å². The molecule has 0 amide bonds. The average molecular weight is 300 g/mol.